The van der Waals surface area contributed by atoms with Gasteiger partial charge < -0.3 is 11.1 Å². The fourth-order valence-corrected chi connectivity index (χ4v) is 3.32. The molecule has 6 heteroatoms. The summed E-state index contributed by atoms with van der Waals surface area (Å²) >= 11 is 9.45. The van der Waals surface area contributed by atoms with Crippen molar-refractivity contribution in [2.75, 3.05) is 25.0 Å². The third kappa shape index (κ3) is 4.42. The molecule has 1 atom stereocenters. The molecule has 1 amide bonds. The van der Waals surface area contributed by atoms with Gasteiger partial charge >= 0.3 is 0 Å². The summed E-state index contributed by atoms with van der Waals surface area (Å²) in [5.41, 5.74) is 6.79. The molecule has 1 heterocycles. The summed E-state index contributed by atoms with van der Waals surface area (Å²) in [5.74, 6) is -0.0505. The van der Waals surface area contributed by atoms with E-state index in [4.69, 9.17) is 17.3 Å². The standard InChI is InChI=1S/C15H21BrClN3O/c1-15(2)9-20(6-5-13(15)18)8-14(21)19-12-4-3-10(16)7-11(12)17/h3-4,7,13H,5-6,8-9,18H2,1-2H3,(H,19,21). The zero-order chi connectivity index (χ0) is 15.6. The number of anilines is 1. The predicted octanol–water partition coefficient (Wildman–Crippen LogP) is 3.10. The summed E-state index contributed by atoms with van der Waals surface area (Å²) in [6.45, 7) is 6.34. The van der Waals surface area contributed by atoms with Crippen LogP contribution in [0.4, 0.5) is 5.69 Å². The molecule has 0 saturated carbocycles. The van der Waals surface area contributed by atoms with Gasteiger partial charge in [-0.15, -0.1) is 0 Å². The van der Waals surface area contributed by atoms with Crippen molar-refractivity contribution in [2.45, 2.75) is 26.3 Å². The van der Waals surface area contributed by atoms with E-state index in [1.54, 1.807) is 12.1 Å². The summed E-state index contributed by atoms with van der Waals surface area (Å²) in [4.78, 5) is 14.3. The van der Waals surface area contributed by atoms with Crippen molar-refractivity contribution in [3.8, 4) is 0 Å². The minimum absolute atomic E-state index is 0.0355. The molecule has 116 valence electrons. The summed E-state index contributed by atoms with van der Waals surface area (Å²) in [6.07, 6.45) is 0.916. The topological polar surface area (TPSA) is 58.4 Å². The zero-order valence-electron chi connectivity index (χ0n) is 12.3. The highest BCUT2D eigenvalue weighted by Gasteiger charge is 2.33. The molecule has 1 aliphatic rings. The van der Waals surface area contributed by atoms with E-state index in [-0.39, 0.29) is 17.4 Å². The lowest BCUT2D eigenvalue weighted by Crippen LogP contribution is -2.53. The van der Waals surface area contributed by atoms with Crippen molar-refractivity contribution in [1.29, 1.82) is 0 Å². The Balaban J connectivity index is 1.93. The number of amides is 1. The average molecular weight is 375 g/mol. The number of benzene rings is 1. The zero-order valence-corrected chi connectivity index (χ0v) is 14.7. The minimum atomic E-state index is -0.0505. The number of halogens is 2. The van der Waals surface area contributed by atoms with Gasteiger partial charge in [0.25, 0.3) is 0 Å². The van der Waals surface area contributed by atoms with Crippen molar-refractivity contribution in [2.24, 2.45) is 11.1 Å². The third-order valence-corrected chi connectivity index (χ3v) is 4.77. The highest BCUT2D eigenvalue weighted by Crippen LogP contribution is 2.28. The highest BCUT2D eigenvalue weighted by molar-refractivity contribution is 9.10. The lowest BCUT2D eigenvalue weighted by molar-refractivity contribution is -0.118. The molecule has 0 aromatic heterocycles. The molecule has 0 radical (unpaired) electrons. The van der Waals surface area contributed by atoms with Crippen molar-refractivity contribution < 1.29 is 4.79 Å². The number of carbonyl (C=O) groups excluding carboxylic acids is 1. The first-order chi connectivity index (χ1) is 9.78. The van der Waals surface area contributed by atoms with Gasteiger partial charge in [0.15, 0.2) is 0 Å². The number of nitrogens with one attached hydrogen (secondary N) is 1. The van der Waals surface area contributed by atoms with Gasteiger partial charge in [0, 0.05) is 23.6 Å². The van der Waals surface area contributed by atoms with Crippen LogP contribution in [0, 0.1) is 5.41 Å². The van der Waals surface area contributed by atoms with Gasteiger partial charge in [0.05, 0.1) is 17.3 Å². The number of hydrogen-bond donors (Lipinski definition) is 2. The Bertz CT molecular complexity index is 536. The van der Waals surface area contributed by atoms with Crippen LogP contribution in [0.25, 0.3) is 0 Å². The fourth-order valence-electron chi connectivity index (χ4n) is 2.60. The molecule has 1 fully saturated rings. The van der Waals surface area contributed by atoms with E-state index >= 15 is 0 Å². The maximum atomic E-state index is 12.2. The summed E-state index contributed by atoms with van der Waals surface area (Å²) < 4.78 is 0.886. The molecular weight excluding hydrogens is 354 g/mol. The van der Waals surface area contributed by atoms with Crippen LogP contribution in [-0.4, -0.2) is 36.5 Å². The largest absolute Gasteiger partial charge is 0.327 e. The van der Waals surface area contributed by atoms with Gasteiger partial charge in [-0.25, -0.2) is 0 Å². The Labute approximate surface area is 139 Å². The maximum Gasteiger partial charge on any atom is 0.238 e. The molecule has 0 aliphatic carbocycles. The van der Waals surface area contributed by atoms with Gasteiger partial charge in [-0.2, -0.15) is 0 Å². The van der Waals surface area contributed by atoms with Crippen LogP contribution in [0.1, 0.15) is 20.3 Å². The van der Waals surface area contributed by atoms with E-state index in [0.717, 1.165) is 24.0 Å². The third-order valence-electron chi connectivity index (χ3n) is 3.96. The Hall–Kier alpha value is -0.620. The van der Waals surface area contributed by atoms with Gasteiger partial charge in [0.1, 0.15) is 0 Å². The number of nitrogens with two attached hydrogens (primary N) is 1. The van der Waals surface area contributed by atoms with E-state index < -0.39 is 0 Å². The van der Waals surface area contributed by atoms with Crippen LogP contribution in [0.3, 0.4) is 0 Å². The second-order valence-electron chi connectivity index (χ2n) is 6.27. The fraction of sp³-hybridized carbons (Fsp3) is 0.533. The van der Waals surface area contributed by atoms with Gasteiger partial charge in [0.2, 0.25) is 5.91 Å². The molecule has 4 nitrogen and oxygen atoms in total. The van der Waals surface area contributed by atoms with Gasteiger partial charge in [-0.3, -0.25) is 9.69 Å². The first-order valence-corrected chi connectivity index (χ1v) is 8.18. The van der Waals surface area contributed by atoms with E-state index in [1.807, 2.05) is 6.07 Å². The molecule has 1 aromatic carbocycles. The molecular formula is C15H21BrClN3O. The second kappa shape index (κ2) is 6.65. The smallest absolute Gasteiger partial charge is 0.238 e. The Morgan fingerprint density at radius 1 is 1.57 bits per heavy atom. The number of hydrogen-bond acceptors (Lipinski definition) is 3. The molecule has 2 rings (SSSR count). The van der Waals surface area contributed by atoms with Crippen LogP contribution in [0.15, 0.2) is 22.7 Å². The number of rotatable bonds is 3. The highest BCUT2D eigenvalue weighted by atomic mass is 79.9. The number of nitrogens with zero attached hydrogens (tertiary/aromatic N) is 1. The molecule has 1 unspecified atom stereocenters. The van der Waals surface area contributed by atoms with Gasteiger partial charge in [-0.1, -0.05) is 41.4 Å². The SMILES string of the molecule is CC1(C)CN(CC(=O)Nc2ccc(Br)cc2Cl)CCC1N. The Morgan fingerprint density at radius 3 is 2.90 bits per heavy atom. The molecule has 1 aliphatic heterocycles. The van der Waals surface area contributed by atoms with E-state index in [0.29, 0.717) is 17.3 Å². The van der Waals surface area contributed by atoms with Crippen molar-refractivity contribution in [3.63, 3.8) is 0 Å². The Kier molecular flexibility index (Phi) is 5.30. The summed E-state index contributed by atoms with van der Waals surface area (Å²) in [5, 5.41) is 3.39. The molecule has 3 N–H and O–H groups in total. The second-order valence-corrected chi connectivity index (χ2v) is 7.59. The van der Waals surface area contributed by atoms with Gasteiger partial charge in [-0.05, 0) is 30.0 Å². The van der Waals surface area contributed by atoms with Crippen molar-refractivity contribution in [3.05, 3.63) is 27.7 Å². The Morgan fingerprint density at radius 2 is 2.29 bits per heavy atom. The van der Waals surface area contributed by atoms with Crippen LogP contribution < -0.4 is 11.1 Å². The lowest BCUT2D eigenvalue weighted by Gasteiger charge is -2.42. The average Bonchev–Trinajstić information content (AvgIpc) is 2.37. The first-order valence-electron chi connectivity index (χ1n) is 7.01. The molecule has 0 spiro atoms. The van der Waals surface area contributed by atoms with Crippen LogP contribution in [-0.2, 0) is 4.79 Å². The normalized spacial score (nSPS) is 22.0. The quantitative estimate of drug-likeness (QED) is 0.854. The minimum Gasteiger partial charge on any atom is -0.327 e. The van der Waals surface area contributed by atoms with Crippen LogP contribution in [0.5, 0.6) is 0 Å². The molecule has 21 heavy (non-hydrogen) atoms. The van der Waals surface area contributed by atoms with Crippen molar-refractivity contribution >= 4 is 39.1 Å². The van der Waals surface area contributed by atoms with E-state index in [1.165, 1.54) is 0 Å². The first kappa shape index (κ1) is 16.7. The lowest BCUT2D eigenvalue weighted by atomic mass is 9.80. The maximum absolute atomic E-state index is 12.2. The predicted molar refractivity (Wildman–Crippen MR) is 90.6 cm³/mol. The number of carbonyl (C=O) groups is 1. The van der Waals surface area contributed by atoms with E-state index in [9.17, 15) is 4.79 Å². The number of piperidine rings is 1. The van der Waals surface area contributed by atoms with Crippen LogP contribution in [0.2, 0.25) is 5.02 Å². The van der Waals surface area contributed by atoms with Crippen molar-refractivity contribution in [1.82, 2.24) is 4.90 Å². The summed E-state index contributed by atoms with van der Waals surface area (Å²) in [7, 11) is 0. The molecule has 0 bridgehead atoms. The number of likely N-dealkylation sites (tertiary alicyclic amines) is 1. The molecule has 1 aromatic rings. The summed E-state index contributed by atoms with van der Waals surface area (Å²) in [6, 6.07) is 5.60. The van der Waals surface area contributed by atoms with Crippen LogP contribution >= 0.6 is 27.5 Å². The van der Waals surface area contributed by atoms with E-state index in [2.05, 4.69) is 40.0 Å². The molecule has 1 saturated heterocycles. The monoisotopic (exact) mass is 373 g/mol.